The van der Waals surface area contributed by atoms with Crippen LogP contribution in [0.2, 0.25) is 0 Å². The average Bonchev–Trinajstić information content (AvgIpc) is 3.15. The molecule has 1 spiro atoms. The highest BCUT2D eigenvalue weighted by atomic mass is 16.3. The summed E-state index contributed by atoms with van der Waals surface area (Å²) in [5.41, 5.74) is 0.0797. The number of hydrogen-bond donors (Lipinski definition) is 2. The molecule has 2 saturated heterocycles. The van der Waals surface area contributed by atoms with Crippen molar-refractivity contribution in [3.8, 4) is 11.4 Å². The number of hydrogen-bond acceptors (Lipinski definition) is 4. The first-order valence-electron chi connectivity index (χ1n) is 9.41. The molecule has 2 fully saturated rings. The van der Waals surface area contributed by atoms with Crippen LogP contribution in [0.25, 0.3) is 11.4 Å². The third-order valence-electron chi connectivity index (χ3n) is 5.73. The highest BCUT2D eigenvalue weighted by Crippen LogP contribution is 2.37. The van der Waals surface area contributed by atoms with Crippen LogP contribution in [0.1, 0.15) is 19.3 Å². The second kappa shape index (κ2) is 7.15. The van der Waals surface area contributed by atoms with Crippen molar-refractivity contribution in [2.45, 2.75) is 31.9 Å². The molecule has 3 heterocycles. The molecular formula is C20H24N4O3. The summed E-state index contributed by atoms with van der Waals surface area (Å²) in [5.74, 6) is 0.548. The van der Waals surface area contributed by atoms with E-state index >= 15 is 0 Å². The Morgan fingerprint density at radius 3 is 2.93 bits per heavy atom. The normalized spacial score (nSPS) is 25.4. The Hall–Kier alpha value is -2.67. The van der Waals surface area contributed by atoms with Crippen molar-refractivity contribution in [1.29, 1.82) is 0 Å². The summed E-state index contributed by atoms with van der Waals surface area (Å²) in [5, 5.41) is 13.3. The Balaban J connectivity index is 1.51. The number of rotatable bonds is 3. The highest BCUT2D eigenvalue weighted by molar-refractivity contribution is 5.86. The van der Waals surface area contributed by atoms with E-state index in [4.69, 9.17) is 0 Å². The van der Waals surface area contributed by atoms with Gasteiger partial charge in [-0.1, -0.05) is 30.3 Å². The first-order valence-corrected chi connectivity index (χ1v) is 9.41. The van der Waals surface area contributed by atoms with Crippen LogP contribution in [-0.4, -0.2) is 57.1 Å². The van der Waals surface area contributed by atoms with Crippen molar-refractivity contribution in [1.82, 2.24) is 19.8 Å². The van der Waals surface area contributed by atoms with Crippen LogP contribution in [0.5, 0.6) is 0 Å². The van der Waals surface area contributed by atoms with E-state index in [2.05, 4.69) is 10.3 Å². The van der Waals surface area contributed by atoms with Gasteiger partial charge in [0, 0.05) is 37.6 Å². The molecule has 2 amide bonds. The second-order valence-corrected chi connectivity index (χ2v) is 7.38. The lowest BCUT2D eigenvalue weighted by Gasteiger charge is -2.46. The first kappa shape index (κ1) is 17.7. The number of piperidine rings is 2. The van der Waals surface area contributed by atoms with Gasteiger partial charge in [-0.15, -0.1) is 0 Å². The van der Waals surface area contributed by atoms with E-state index in [1.165, 1.54) is 0 Å². The van der Waals surface area contributed by atoms with E-state index in [0.717, 1.165) is 17.8 Å². The quantitative estimate of drug-likeness (QED) is 0.847. The Morgan fingerprint density at radius 1 is 1.33 bits per heavy atom. The number of aliphatic hydroxyl groups excluding tert-OH is 1. The standard InChI is InChI=1S/C20H24N4O3/c25-16-7-11-24(14-20(16)8-4-9-22-19(20)27)17(26)13-23-12-10-21-18(23)15-5-2-1-3-6-15/h1-3,5-6,10,12,16,25H,4,7-9,11,13-14H2,(H,22,27)/t16-,20-/m1/s1. The van der Waals surface area contributed by atoms with Gasteiger partial charge >= 0.3 is 0 Å². The van der Waals surface area contributed by atoms with E-state index < -0.39 is 11.5 Å². The van der Waals surface area contributed by atoms with E-state index in [-0.39, 0.29) is 24.9 Å². The molecule has 7 heteroatoms. The summed E-state index contributed by atoms with van der Waals surface area (Å²) in [7, 11) is 0. The fraction of sp³-hybridized carbons (Fsp3) is 0.450. The number of aliphatic hydroxyl groups is 1. The molecule has 2 N–H and O–H groups in total. The molecule has 142 valence electrons. The summed E-state index contributed by atoms with van der Waals surface area (Å²) < 4.78 is 1.83. The number of carbonyl (C=O) groups excluding carboxylic acids is 2. The number of amides is 2. The van der Waals surface area contributed by atoms with E-state index in [0.29, 0.717) is 25.9 Å². The maximum Gasteiger partial charge on any atom is 0.242 e. The van der Waals surface area contributed by atoms with Crippen LogP contribution in [0, 0.1) is 5.41 Å². The molecule has 4 rings (SSSR count). The summed E-state index contributed by atoms with van der Waals surface area (Å²) in [6, 6.07) is 9.74. The zero-order chi connectivity index (χ0) is 18.9. The SMILES string of the molecule is O=C(Cn1ccnc1-c1ccccc1)N1CC[C@@H](O)[C@@]2(CCCNC2=O)C1. The minimum absolute atomic E-state index is 0.0603. The summed E-state index contributed by atoms with van der Waals surface area (Å²) in [6.07, 6.45) is 4.65. The van der Waals surface area contributed by atoms with Crippen LogP contribution in [0.4, 0.5) is 0 Å². The van der Waals surface area contributed by atoms with Gasteiger partial charge in [0.15, 0.2) is 0 Å². The molecule has 1 aromatic heterocycles. The fourth-order valence-electron chi connectivity index (χ4n) is 4.19. The highest BCUT2D eigenvalue weighted by Gasteiger charge is 2.50. The molecule has 0 aliphatic carbocycles. The van der Waals surface area contributed by atoms with Crippen molar-refractivity contribution in [3.63, 3.8) is 0 Å². The minimum atomic E-state index is -0.872. The van der Waals surface area contributed by atoms with E-state index in [1.54, 1.807) is 17.3 Å². The van der Waals surface area contributed by atoms with Crippen molar-refractivity contribution in [2.75, 3.05) is 19.6 Å². The molecular weight excluding hydrogens is 344 g/mol. The zero-order valence-corrected chi connectivity index (χ0v) is 15.2. The van der Waals surface area contributed by atoms with Crippen LogP contribution in [0.3, 0.4) is 0 Å². The van der Waals surface area contributed by atoms with Crippen LogP contribution < -0.4 is 5.32 Å². The number of likely N-dealkylation sites (tertiary alicyclic amines) is 1. The van der Waals surface area contributed by atoms with Gasteiger partial charge in [-0.2, -0.15) is 0 Å². The number of benzene rings is 1. The van der Waals surface area contributed by atoms with Gasteiger partial charge in [-0.25, -0.2) is 4.98 Å². The summed E-state index contributed by atoms with van der Waals surface area (Å²) >= 11 is 0. The van der Waals surface area contributed by atoms with Crippen molar-refractivity contribution < 1.29 is 14.7 Å². The summed E-state index contributed by atoms with van der Waals surface area (Å²) in [6.45, 7) is 1.54. The van der Waals surface area contributed by atoms with Crippen molar-refractivity contribution >= 4 is 11.8 Å². The third-order valence-corrected chi connectivity index (χ3v) is 5.73. The monoisotopic (exact) mass is 368 g/mol. The molecule has 2 atom stereocenters. The van der Waals surface area contributed by atoms with Gasteiger partial charge in [0.1, 0.15) is 12.4 Å². The fourth-order valence-corrected chi connectivity index (χ4v) is 4.19. The molecule has 0 radical (unpaired) electrons. The number of nitrogens with zero attached hydrogens (tertiary/aromatic N) is 3. The average molecular weight is 368 g/mol. The zero-order valence-electron chi connectivity index (χ0n) is 15.2. The molecule has 7 nitrogen and oxygen atoms in total. The lowest BCUT2D eigenvalue weighted by atomic mass is 9.71. The first-order chi connectivity index (χ1) is 13.1. The molecule has 0 unspecified atom stereocenters. The largest absolute Gasteiger partial charge is 0.392 e. The van der Waals surface area contributed by atoms with E-state index in [1.807, 2.05) is 34.9 Å². The summed E-state index contributed by atoms with van der Waals surface area (Å²) in [4.78, 5) is 31.5. The smallest absolute Gasteiger partial charge is 0.242 e. The predicted octanol–water partition coefficient (Wildman–Crippen LogP) is 1.04. The Kier molecular flexibility index (Phi) is 4.70. The number of imidazole rings is 1. The van der Waals surface area contributed by atoms with Crippen LogP contribution in [-0.2, 0) is 16.1 Å². The number of carbonyl (C=O) groups is 2. The van der Waals surface area contributed by atoms with Gasteiger partial charge in [-0.3, -0.25) is 9.59 Å². The molecule has 2 aliphatic rings. The Morgan fingerprint density at radius 2 is 2.15 bits per heavy atom. The molecule has 0 bridgehead atoms. The Bertz CT molecular complexity index is 835. The molecule has 2 aliphatic heterocycles. The van der Waals surface area contributed by atoms with Crippen LogP contribution >= 0.6 is 0 Å². The third kappa shape index (κ3) is 3.23. The molecule has 27 heavy (non-hydrogen) atoms. The van der Waals surface area contributed by atoms with Gasteiger partial charge in [0.2, 0.25) is 11.8 Å². The molecule has 2 aromatic rings. The lowest BCUT2D eigenvalue weighted by molar-refractivity contribution is -0.155. The van der Waals surface area contributed by atoms with Gasteiger partial charge in [-0.05, 0) is 19.3 Å². The van der Waals surface area contributed by atoms with Crippen molar-refractivity contribution in [3.05, 3.63) is 42.7 Å². The van der Waals surface area contributed by atoms with Crippen molar-refractivity contribution in [2.24, 2.45) is 5.41 Å². The molecule has 0 saturated carbocycles. The number of aromatic nitrogens is 2. The predicted molar refractivity (Wildman–Crippen MR) is 99.5 cm³/mol. The van der Waals surface area contributed by atoms with E-state index in [9.17, 15) is 14.7 Å². The topological polar surface area (TPSA) is 87.5 Å². The van der Waals surface area contributed by atoms with Gasteiger partial charge in [0.05, 0.1) is 11.5 Å². The van der Waals surface area contributed by atoms with Gasteiger partial charge in [0.25, 0.3) is 0 Å². The Labute approximate surface area is 158 Å². The number of nitrogens with one attached hydrogen (secondary N) is 1. The van der Waals surface area contributed by atoms with Gasteiger partial charge < -0.3 is 19.9 Å². The minimum Gasteiger partial charge on any atom is -0.392 e. The maximum atomic E-state index is 13.0. The lowest BCUT2D eigenvalue weighted by Crippen LogP contribution is -2.62. The van der Waals surface area contributed by atoms with Crippen LogP contribution in [0.15, 0.2) is 42.7 Å². The maximum absolute atomic E-state index is 13.0. The molecule has 1 aromatic carbocycles. The second-order valence-electron chi connectivity index (χ2n) is 7.38.